The molecule has 1 rings (SSSR count). The maximum atomic E-state index is 12.3. The Morgan fingerprint density at radius 1 is 1.16 bits per heavy atom. The number of unbranched alkanes of at least 4 members (excludes halogenated alkanes) is 1. The first kappa shape index (κ1) is 15.7. The molecule has 0 fully saturated rings. The van der Waals surface area contributed by atoms with Gasteiger partial charge in [0.05, 0.1) is 5.56 Å². The summed E-state index contributed by atoms with van der Waals surface area (Å²) in [5.74, 6) is -0.0114. The number of Topliss-reactive ketones (excluding diaryl/α,β-unsaturated/α-hetero) is 1. The standard InChI is InChI=1S/C14H17F3O2/c1-11(18)10-19-9-3-2-4-12-5-7-13(8-6-12)14(15,16)17/h5-8H,2-4,9-10H2,1H3. The van der Waals surface area contributed by atoms with Gasteiger partial charge in [-0.1, -0.05) is 12.1 Å². The molecule has 1 aromatic rings. The average molecular weight is 274 g/mol. The minimum absolute atomic E-state index is 0.0114. The molecule has 0 saturated heterocycles. The van der Waals surface area contributed by atoms with E-state index in [1.54, 1.807) is 0 Å². The fraction of sp³-hybridized carbons (Fsp3) is 0.500. The first-order valence-corrected chi connectivity index (χ1v) is 6.13. The molecule has 0 atom stereocenters. The number of halogens is 3. The van der Waals surface area contributed by atoms with Gasteiger partial charge in [0.15, 0.2) is 5.78 Å². The summed E-state index contributed by atoms with van der Waals surface area (Å²) in [5, 5.41) is 0. The Kier molecular flexibility index (Phi) is 6.02. The Morgan fingerprint density at radius 2 is 1.79 bits per heavy atom. The lowest BCUT2D eigenvalue weighted by Crippen LogP contribution is -2.05. The summed E-state index contributed by atoms with van der Waals surface area (Å²) >= 11 is 0. The van der Waals surface area contributed by atoms with Gasteiger partial charge in [-0.05, 0) is 43.9 Å². The predicted octanol–water partition coefficient (Wildman–Crippen LogP) is 3.63. The molecule has 106 valence electrons. The Labute approximate surface area is 110 Å². The molecular formula is C14H17F3O2. The average Bonchev–Trinajstić information content (AvgIpc) is 2.32. The number of hydrogen-bond donors (Lipinski definition) is 0. The molecule has 0 spiro atoms. The highest BCUT2D eigenvalue weighted by Crippen LogP contribution is 2.29. The van der Waals surface area contributed by atoms with Crippen LogP contribution >= 0.6 is 0 Å². The quantitative estimate of drug-likeness (QED) is 0.710. The van der Waals surface area contributed by atoms with E-state index in [0.29, 0.717) is 13.0 Å². The highest BCUT2D eigenvalue weighted by atomic mass is 19.4. The van der Waals surface area contributed by atoms with E-state index < -0.39 is 11.7 Å². The van der Waals surface area contributed by atoms with Crippen LogP contribution in [0.15, 0.2) is 24.3 Å². The maximum Gasteiger partial charge on any atom is 0.416 e. The molecule has 19 heavy (non-hydrogen) atoms. The van der Waals surface area contributed by atoms with Gasteiger partial charge in [0.1, 0.15) is 6.61 Å². The van der Waals surface area contributed by atoms with Gasteiger partial charge in [-0.25, -0.2) is 0 Å². The van der Waals surface area contributed by atoms with E-state index >= 15 is 0 Å². The van der Waals surface area contributed by atoms with Crippen molar-refractivity contribution in [3.05, 3.63) is 35.4 Å². The molecule has 0 aliphatic heterocycles. The Balaban J connectivity index is 2.25. The second-order valence-corrected chi connectivity index (χ2v) is 4.41. The summed E-state index contributed by atoms with van der Waals surface area (Å²) in [4.78, 5) is 10.6. The first-order valence-electron chi connectivity index (χ1n) is 6.13. The zero-order valence-corrected chi connectivity index (χ0v) is 10.8. The SMILES string of the molecule is CC(=O)COCCCCc1ccc(C(F)(F)F)cc1. The van der Waals surface area contributed by atoms with Crippen molar-refractivity contribution >= 4 is 5.78 Å². The number of carbonyl (C=O) groups is 1. The number of ether oxygens (including phenoxy) is 1. The molecule has 0 N–H and O–H groups in total. The fourth-order valence-corrected chi connectivity index (χ4v) is 1.61. The van der Waals surface area contributed by atoms with Crippen LogP contribution in [0.4, 0.5) is 13.2 Å². The predicted molar refractivity (Wildman–Crippen MR) is 65.9 cm³/mol. The topological polar surface area (TPSA) is 26.3 Å². The number of hydrogen-bond acceptors (Lipinski definition) is 2. The van der Waals surface area contributed by atoms with Crippen LogP contribution in [0.25, 0.3) is 0 Å². The molecule has 0 radical (unpaired) electrons. The van der Waals surface area contributed by atoms with Crippen molar-refractivity contribution in [3.63, 3.8) is 0 Å². The van der Waals surface area contributed by atoms with Crippen LogP contribution in [-0.2, 0) is 22.1 Å². The summed E-state index contributed by atoms with van der Waals surface area (Å²) in [7, 11) is 0. The Bertz CT molecular complexity index is 396. The lowest BCUT2D eigenvalue weighted by atomic mass is 10.1. The molecule has 0 unspecified atom stereocenters. The number of aryl methyl sites for hydroxylation is 1. The number of rotatable bonds is 7. The van der Waals surface area contributed by atoms with Crippen LogP contribution < -0.4 is 0 Å². The van der Waals surface area contributed by atoms with Crippen LogP contribution in [0.1, 0.15) is 30.9 Å². The monoisotopic (exact) mass is 274 g/mol. The third-order valence-electron chi connectivity index (χ3n) is 2.59. The summed E-state index contributed by atoms with van der Waals surface area (Å²) in [6.07, 6.45) is -1.96. The molecule has 0 aromatic heterocycles. The van der Waals surface area contributed by atoms with Gasteiger partial charge in [-0.3, -0.25) is 4.79 Å². The summed E-state index contributed by atoms with van der Waals surface area (Å²) < 4.78 is 42.1. The number of carbonyl (C=O) groups excluding carboxylic acids is 1. The zero-order chi connectivity index (χ0) is 14.3. The number of ketones is 1. The molecule has 0 heterocycles. The van der Waals surface area contributed by atoms with Gasteiger partial charge in [0, 0.05) is 6.61 Å². The molecule has 0 saturated carbocycles. The third-order valence-corrected chi connectivity index (χ3v) is 2.59. The number of alkyl halides is 3. The van der Waals surface area contributed by atoms with Crippen molar-refractivity contribution < 1.29 is 22.7 Å². The molecule has 2 nitrogen and oxygen atoms in total. The number of benzene rings is 1. The van der Waals surface area contributed by atoms with Gasteiger partial charge in [0.2, 0.25) is 0 Å². The van der Waals surface area contributed by atoms with Gasteiger partial charge < -0.3 is 4.74 Å². The Morgan fingerprint density at radius 3 is 2.32 bits per heavy atom. The molecular weight excluding hydrogens is 257 g/mol. The zero-order valence-electron chi connectivity index (χ0n) is 10.8. The van der Waals surface area contributed by atoms with Crippen molar-refractivity contribution in [2.45, 2.75) is 32.4 Å². The first-order chi connectivity index (χ1) is 8.89. The molecule has 0 bridgehead atoms. The smallest absolute Gasteiger partial charge is 0.374 e. The van der Waals surface area contributed by atoms with Gasteiger partial charge in [-0.15, -0.1) is 0 Å². The summed E-state index contributed by atoms with van der Waals surface area (Å²) in [6, 6.07) is 5.20. The lowest BCUT2D eigenvalue weighted by Gasteiger charge is -2.07. The van der Waals surface area contributed by atoms with E-state index in [-0.39, 0.29) is 12.4 Å². The van der Waals surface area contributed by atoms with E-state index in [2.05, 4.69) is 0 Å². The molecule has 0 aliphatic carbocycles. The third kappa shape index (κ3) is 6.38. The van der Waals surface area contributed by atoms with Gasteiger partial charge in [-0.2, -0.15) is 13.2 Å². The minimum atomic E-state index is -4.28. The van der Waals surface area contributed by atoms with Crippen molar-refractivity contribution in [1.82, 2.24) is 0 Å². The van der Waals surface area contributed by atoms with E-state index in [9.17, 15) is 18.0 Å². The van der Waals surface area contributed by atoms with Crippen molar-refractivity contribution in [2.24, 2.45) is 0 Å². The van der Waals surface area contributed by atoms with Crippen molar-refractivity contribution in [2.75, 3.05) is 13.2 Å². The van der Waals surface area contributed by atoms with Crippen LogP contribution in [0.3, 0.4) is 0 Å². The van der Waals surface area contributed by atoms with E-state index in [1.165, 1.54) is 19.1 Å². The summed E-state index contributed by atoms with van der Waals surface area (Å²) in [5.41, 5.74) is 0.251. The van der Waals surface area contributed by atoms with Gasteiger partial charge in [0.25, 0.3) is 0 Å². The second kappa shape index (κ2) is 7.28. The van der Waals surface area contributed by atoms with Crippen LogP contribution in [-0.4, -0.2) is 19.0 Å². The maximum absolute atomic E-state index is 12.3. The minimum Gasteiger partial charge on any atom is -0.374 e. The highest BCUT2D eigenvalue weighted by Gasteiger charge is 2.29. The molecule has 1 aromatic carbocycles. The fourth-order valence-electron chi connectivity index (χ4n) is 1.61. The Hall–Kier alpha value is -1.36. The van der Waals surface area contributed by atoms with E-state index in [1.807, 2.05) is 0 Å². The lowest BCUT2D eigenvalue weighted by molar-refractivity contribution is -0.137. The normalized spacial score (nSPS) is 11.6. The highest BCUT2D eigenvalue weighted by molar-refractivity contribution is 5.76. The van der Waals surface area contributed by atoms with E-state index in [0.717, 1.165) is 30.5 Å². The second-order valence-electron chi connectivity index (χ2n) is 4.41. The van der Waals surface area contributed by atoms with Crippen molar-refractivity contribution in [1.29, 1.82) is 0 Å². The molecule has 0 amide bonds. The van der Waals surface area contributed by atoms with Crippen molar-refractivity contribution in [3.8, 4) is 0 Å². The molecule has 0 aliphatic rings. The molecule has 5 heteroatoms. The van der Waals surface area contributed by atoms with Crippen LogP contribution in [0.2, 0.25) is 0 Å². The van der Waals surface area contributed by atoms with E-state index in [4.69, 9.17) is 4.74 Å². The summed E-state index contributed by atoms with van der Waals surface area (Å²) in [6.45, 7) is 2.09. The van der Waals surface area contributed by atoms with Crippen LogP contribution in [0, 0.1) is 0 Å². The largest absolute Gasteiger partial charge is 0.416 e. The van der Waals surface area contributed by atoms with Gasteiger partial charge >= 0.3 is 6.18 Å². The van der Waals surface area contributed by atoms with Crippen LogP contribution in [0.5, 0.6) is 0 Å².